The molecule has 1 fully saturated rings. The van der Waals surface area contributed by atoms with Crippen molar-refractivity contribution in [3.63, 3.8) is 0 Å². The van der Waals surface area contributed by atoms with Crippen molar-refractivity contribution in [3.05, 3.63) is 193 Å². The molecule has 5 heterocycles. The zero-order valence-electron chi connectivity index (χ0n) is 38.8. The topological polar surface area (TPSA) is 43.9 Å². The van der Waals surface area contributed by atoms with Gasteiger partial charge in [-0.15, -0.1) is 54.1 Å². The molecule has 0 atom stereocenters. The molecule has 6 heteroatoms. The first kappa shape index (κ1) is 44.7. The SMILES string of the molecule is CC(C)c1cc(-c2ccc(-c3ccccc3)cc2)cc(C(C)C)c1-n1c(-c2[c-]ccc3c2oc2ccccc23)nc2ccccc21.[Ir].[c-]1ccccc1-c1cc2c(cn1)[Si]1(CCCC1)CCC2. The van der Waals surface area contributed by atoms with Crippen LogP contribution in [0.1, 0.15) is 75.5 Å². The number of benzene rings is 7. The van der Waals surface area contributed by atoms with E-state index < -0.39 is 8.07 Å². The van der Waals surface area contributed by atoms with Crippen LogP contribution in [0.15, 0.2) is 168 Å². The number of para-hydroxylation sites is 3. The van der Waals surface area contributed by atoms with Gasteiger partial charge < -0.3 is 14.0 Å². The minimum absolute atomic E-state index is 0. The number of fused-ring (bicyclic) bond motifs is 6. The molecule has 0 bridgehead atoms. The van der Waals surface area contributed by atoms with Gasteiger partial charge in [-0.3, -0.25) is 4.98 Å². The average molecular weight is 1070 g/mol. The van der Waals surface area contributed by atoms with Gasteiger partial charge >= 0.3 is 0 Å². The molecule has 7 aromatic carbocycles. The maximum absolute atomic E-state index is 6.51. The Bertz CT molecular complexity index is 3320. The number of furan rings is 1. The number of nitrogens with zero attached hydrogens (tertiary/aromatic N) is 3. The van der Waals surface area contributed by atoms with E-state index in [-0.39, 0.29) is 31.9 Å². The summed E-state index contributed by atoms with van der Waals surface area (Å²) in [5.41, 5.74) is 17.1. The van der Waals surface area contributed by atoms with Crippen LogP contribution in [0.5, 0.6) is 0 Å². The first-order chi connectivity index (χ1) is 32.3. The minimum atomic E-state index is -1.14. The van der Waals surface area contributed by atoms with E-state index in [2.05, 4.69) is 178 Å². The Labute approximate surface area is 409 Å². The zero-order chi connectivity index (χ0) is 44.8. The van der Waals surface area contributed by atoms with Crippen molar-refractivity contribution in [2.45, 2.75) is 83.3 Å². The van der Waals surface area contributed by atoms with Gasteiger partial charge in [-0.05, 0) is 92.8 Å². The fourth-order valence-electron chi connectivity index (χ4n) is 11.0. The monoisotopic (exact) mass is 1070 g/mol. The van der Waals surface area contributed by atoms with Crippen molar-refractivity contribution in [2.24, 2.45) is 0 Å². The quantitative estimate of drug-likeness (QED) is 0.118. The third-order valence-electron chi connectivity index (χ3n) is 14.3. The second-order valence-corrected chi connectivity index (χ2v) is 23.7. The summed E-state index contributed by atoms with van der Waals surface area (Å²) in [6, 6.07) is 66.9. The summed E-state index contributed by atoms with van der Waals surface area (Å²) in [5, 5.41) is 3.87. The second kappa shape index (κ2) is 18.8. The third kappa shape index (κ3) is 8.35. The summed E-state index contributed by atoms with van der Waals surface area (Å²) in [4.78, 5) is 10.1. The molecule has 1 radical (unpaired) electrons. The van der Waals surface area contributed by atoms with Gasteiger partial charge in [-0.25, -0.2) is 0 Å². The van der Waals surface area contributed by atoms with Gasteiger partial charge in [0, 0.05) is 37.4 Å². The van der Waals surface area contributed by atoms with E-state index in [1.807, 2.05) is 30.3 Å². The Kier molecular flexibility index (Phi) is 12.6. The molecular weight excluding hydrogens is 1010 g/mol. The summed E-state index contributed by atoms with van der Waals surface area (Å²) in [6.45, 7) is 9.15. The van der Waals surface area contributed by atoms with Crippen LogP contribution in [0, 0.1) is 12.1 Å². The van der Waals surface area contributed by atoms with Crippen LogP contribution in [0.2, 0.25) is 18.1 Å². The van der Waals surface area contributed by atoms with Crippen molar-refractivity contribution in [1.82, 2.24) is 14.5 Å². The number of pyridine rings is 1. The molecule has 335 valence electrons. The predicted octanol–water partition coefficient (Wildman–Crippen LogP) is 15.9. The van der Waals surface area contributed by atoms with Crippen LogP contribution in [0.3, 0.4) is 0 Å². The molecule has 1 spiro atoms. The standard InChI is InChI=1S/C43H35N2O.C18H20NSi.Ir/c1-27(2)36-25-32(31-23-21-30(22-24-31)29-13-6-5-7-14-29)26-37(28(3)4)41(36)45-39-19-10-9-18-38(39)44-43(45)35-17-12-16-34-33-15-8-11-20-40(33)46-42(34)35;1-2-7-15(8-3-1)17-13-16-9-6-12-20(10-4-5-11-20)18(16)14-19-17;/h5-16,18-28H,1-4H3;1-3,7,13-14H,4-6,9-12H2;/q2*-1;. The third-order valence-corrected chi connectivity index (χ3v) is 19.8. The molecule has 0 N–H and O–H groups in total. The van der Waals surface area contributed by atoms with Crippen molar-refractivity contribution in [1.29, 1.82) is 0 Å². The Morgan fingerprint density at radius 3 is 2.00 bits per heavy atom. The molecule has 0 aliphatic carbocycles. The smallest absolute Gasteiger partial charge is 0.120 e. The molecule has 2 aliphatic heterocycles. The van der Waals surface area contributed by atoms with Crippen molar-refractivity contribution >= 4 is 46.2 Å². The maximum atomic E-state index is 6.51. The number of imidazole rings is 1. The van der Waals surface area contributed by atoms with Gasteiger partial charge in [-0.1, -0.05) is 173 Å². The average Bonchev–Trinajstić information content (AvgIpc) is 4.10. The largest absolute Gasteiger partial charge is 0.501 e. The number of aryl methyl sites for hydroxylation is 1. The summed E-state index contributed by atoms with van der Waals surface area (Å²) >= 11 is 0. The van der Waals surface area contributed by atoms with Crippen LogP contribution in [-0.4, -0.2) is 22.6 Å². The Morgan fingerprint density at radius 2 is 1.27 bits per heavy atom. The van der Waals surface area contributed by atoms with Crippen LogP contribution >= 0.6 is 0 Å². The molecule has 1 saturated heterocycles. The molecule has 3 aromatic heterocycles. The minimum Gasteiger partial charge on any atom is -0.501 e. The molecule has 0 amide bonds. The van der Waals surface area contributed by atoms with Gasteiger partial charge in [-0.2, -0.15) is 0 Å². The second-order valence-electron chi connectivity index (χ2n) is 19.1. The Morgan fingerprint density at radius 1 is 0.612 bits per heavy atom. The Hall–Kier alpha value is -6.17. The maximum Gasteiger partial charge on any atom is 0.120 e. The molecule has 2 aliphatic rings. The van der Waals surface area contributed by atoms with Gasteiger partial charge in [0.15, 0.2) is 0 Å². The van der Waals surface area contributed by atoms with Crippen LogP contribution in [0.25, 0.3) is 83.6 Å². The van der Waals surface area contributed by atoms with E-state index in [0.717, 1.165) is 55.6 Å². The predicted molar refractivity (Wildman–Crippen MR) is 278 cm³/mol. The Balaban J connectivity index is 0.000000208. The summed E-state index contributed by atoms with van der Waals surface area (Å²) < 4.78 is 8.88. The van der Waals surface area contributed by atoms with Crippen LogP contribution < -0.4 is 5.19 Å². The number of hydrogen-bond acceptors (Lipinski definition) is 3. The van der Waals surface area contributed by atoms with E-state index in [1.165, 1.54) is 82.9 Å². The number of hydrogen-bond donors (Lipinski definition) is 0. The summed E-state index contributed by atoms with van der Waals surface area (Å²) in [6.07, 6.45) is 7.82. The van der Waals surface area contributed by atoms with E-state index in [0.29, 0.717) is 0 Å². The van der Waals surface area contributed by atoms with Crippen molar-refractivity contribution in [3.8, 4) is 50.6 Å². The molecule has 67 heavy (non-hydrogen) atoms. The van der Waals surface area contributed by atoms with E-state index in [9.17, 15) is 0 Å². The van der Waals surface area contributed by atoms with E-state index >= 15 is 0 Å². The fourth-order valence-corrected chi connectivity index (χ4v) is 16.4. The molecular formula is C61H55IrN3OSi-2. The molecule has 0 saturated carbocycles. The van der Waals surface area contributed by atoms with Gasteiger partial charge in [0.1, 0.15) is 5.58 Å². The van der Waals surface area contributed by atoms with Crippen LogP contribution in [0.4, 0.5) is 0 Å². The number of aromatic nitrogens is 3. The zero-order valence-corrected chi connectivity index (χ0v) is 42.2. The van der Waals surface area contributed by atoms with E-state index in [4.69, 9.17) is 14.4 Å². The summed E-state index contributed by atoms with van der Waals surface area (Å²) in [5.74, 6) is 1.39. The van der Waals surface area contributed by atoms with Gasteiger partial charge in [0.2, 0.25) is 0 Å². The molecule has 4 nitrogen and oxygen atoms in total. The molecule has 12 rings (SSSR count). The van der Waals surface area contributed by atoms with Gasteiger partial charge in [0.05, 0.1) is 30.5 Å². The fraction of sp³-hybridized carbons (Fsp3) is 0.213. The first-order valence-electron chi connectivity index (χ1n) is 24.0. The first-order valence-corrected chi connectivity index (χ1v) is 26.6. The summed E-state index contributed by atoms with van der Waals surface area (Å²) in [7, 11) is -1.14. The van der Waals surface area contributed by atoms with E-state index in [1.54, 1.807) is 10.8 Å². The van der Waals surface area contributed by atoms with Crippen molar-refractivity contribution < 1.29 is 24.5 Å². The number of rotatable bonds is 7. The van der Waals surface area contributed by atoms with Crippen molar-refractivity contribution in [2.75, 3.05) is 0 Å². The van der Waals surface area contributed by atoms with Gasteiger partial charge in [0.25, 0.3) is 0 Å². The molecule has 10 aromatic rings. The van der Waals surface area contributed by atoms with Crippen LogP contribution in [-0.2, 0) is 26.5 Å². The molecule has 0 unspecified atom stereocenters. The normalized spacial score (nSPS) is 14.1.